The average molecular weight is 317 g/mol. The summed E-state index contributed by atoms with van der Waals surface area (Å²) in [6.45, 7) is 7.02. The number of urea groups is 1. The molecule has 126 valence electrons. The van der Waals surface area contributed by atoms with E-state index in [1.807, 2.05) is 4.90 Å². The van der Waals surface area contributed by atoms with Gasteiger partial charge < -0.3 is 14.6 Å². The second-order valence-electron chi connectivity index (χ2n) is 7.41. The smallest absolute Gasteiger partial charge is 0.317 e. The van der Waals surface area contributed by atoms with Crippen LogP contribution < -0.4 is 5.32 Å². The predicted octanol–water partition coefficient (Wildman–Crippen LogP) is 2.78. The van der Waals surface area contributed by atoms with Gasteiger partial charge in [0.2, 0.25) is 0 Å². The van der Waals surface area contributed by atoms with Gasteiger partial charge in [-0.2, -0.15) is 0 Å². The number of likely N-dealkylation sites (tertiary alicyclic amines) is 1. The number of carbonyl (C=O) groups excluding carboxylic acids is 1. The highest BCUT2D eigenvalue weighted by Gasteiger charge is 2.36. The third-order valence-corrected chi connectivity index (χ3v) is 5.65. The number of furan rings is 1. The van der Waals surface area contributed by atoms with Crippen LogP contribution in [0, 0.1) is 5.92 Å². The molecule has 2 atom stereocenters. The molecule has 0 bridgehead atoms. The minimum absolute atomic E-state index is 0.129. The lowest BCUT2D eigenvalue weighted by molar-refractivity contribution is 0.105. The van der Waals surface area contributed by atoms with Gasteiger partial charge >= 0.3 is 6.03 Å². The monoisotopic (exact) mass is 317 g/mol. The van der Waals surface area contributed by atoms with Gasteiger partial charge in [-0.15, -0.1) is 0 Å². The SMILES string of the molecule is C[C@@H]1C[C@@H]1c1ccc(CN2CCC(N3CCCNC3=O)CC2)o1. The quantitative estimate of drug-likeness (QED) is 0.929. The number of hydrogen-bond acceptors (Lipinski definition) is 3. The van der Waals surface area contributed by atoms with E-state index in [1.165, 1.54) is 12.2 Å². The molecule has 3 heterocycles. The number of hydrogen-bond donors (Lipinski definition) is 1. The van der Waals surface area contributed by atoms with Gasteiger partial charge in [-0.25, -0.2) is 4.79 Å². The molecule has 1 aromatic rings. The summed E-state index contributed by atoms with van der Waals surface area (Å²) in [6, 6.07) is 4.84. The van der Waals surface area contributed by atoms with Crippen molar-refractivity contribution in [1.82, 2.24) is 15.1 Å². The van der Waals surface area contributed by atoms with Gasteiger partial charge in [0.15, 0.2) is 0 Å². The van der Waals surface area contributed by atoms with Gasteiger partial charge in [-0.1, -0.05) is 6.92 Å². The highest BCUT2D eigenvalue weighted by atomic mass is 16.3. The first kappa shape index (κ1) is 15.1. The lowest BCUT2D eigenvalue weighted by atomic mass is 10.0. The van der Waals surface area contributed by atoms with Crippen molar-refractivity contribution in [3.63, 3.8) is 0 Å². The Labute approximate surface area is 138 Å². The fourth-order valence-electron chi connectivity index (χ4n) is 4.00. The maximum atomic E-state index is 12.0. The first-order valence-electron chi connectivity index (χ1n) is 9.06. The van der Waals surface area contributed by atoms with Gasteiger partial charge in [-0.05, 0) is 43.7 Å². The Bertz CT molecular complexity index is 562. The molecule has 0 unspecified atom stereocenters. The standard InChI is InChI=1S/C18H27N3O2/c1-13-11-16(13)17-4-3-15(23-17)12-20-9-5-14(6-10-20)21-8-2-7-19-18(21)22/h3-4,13-14,16H,2,5-12H2,1H3,(H,19,22)/t13-,16+/m1/s1. The van der Waals surface area contributed by atoms with Gasteiger partial charge in [0, 0.05) is 38.1 Å². The Hall–Kier alpha value is -1.49. The van der Waals surface area contributed by atoms with Gasteiger partial charge in [0.05, 0.1) is 6.54 Å². The molecule has 2 saturated heterocycles. The predicted molar refractivity (Wildman–Crippen MR) is 88.3 cm³/mol. The van der Waals surface area contributed by atoms with E-state index in [9.17, 15) is 4.79 Å². The molecule has 0 spiro atoms. The van der Waals surface area contributed by atoms with E-state index in [4.69, 9.17) is 4.42 Å². The zero-order valence-corrected chi connectivity index (χ0v) is 14.0. The van der Waals surface area contributed by atoms with Crippen LogP contribution >= 0.6 is 0 Å². The van der Waals surface area contributed by atoms with Crippen molar-refractivity contribution in [1.29, 1.82) is 0 Å². The molecule has 5 heteroatoms. The fraction of sp³-hybridized carbons (Fsp3) is 0.722. The van der Waals surface area contributed by atoms with Gasteiger partial charge in [0.1, 0.15) is 11.5 Å². The van der Waals surface area contributed by atoms with Crippen molar-refractivity contribution in [2.75, 3.05) is 26.2 Å². The van der Waals surface area contributed by atoms with Crippen LogP contribution in [0.5, 0.6) is 0 Å². The molecule has 3 fully saturated rings. The highest BCUT2D eigenvalue weighted by molar-refractivity contribution is 5.75. The third-order valence-electron chi connectivity index (χ3n) is 5.65. The first-order valence-corrected chi connectivity index (χ1v) is 9.06. The molecule has 1 N–H and O–H groups in total. The summed E-state index contributed by atoms with van der Waals surface area (Å²) >= 11 is 0. The van der Waals surface area contributed by atoms with E-state index in [2.05, 4.69) is 29.3 Å². The maximum Gasteiger partial charge on any atom is 0.317 e. The van der Waals surface area contributed by atoms with Crippen LogP contribution in [0.1, 0.15) is 50.0 Å². The van der Waals surface area contributed by atoms with E-state index in [0.717, 1.165) is 63.7 Å². The molecule has 2 aliphatic heterocycles. The minimum atomic E-state index is 0.129. The molecule has 1 aliphatic carbocycles. The third kappa shape index (κ3) is 3.25. The molecule has 1 aromatic heterocycles. The number of piperidine rings is 1. The van der Waals surface area contributed by atoms with Crippen LogP contribution in [0.15, 0.2) is 16.5 Å². The van der Waals surface area contributed by atoms with Crippen molar-refractivity contribution in [2.24, 2.45) is 5.92 Å². The fourth-order valence-corrected chi connectivity index (χ4v) is 4.00. The number of amides is 2. The Morgan fingerprint density at radius 2 is 2.04 bits per heavy atom. The van der Waals surface area contributed by atoms with E-state index in [-0.39, 0.29) is 6.03 Å². The van der Waals surface area contributed by atoms with Crippen molar-refractivity contribution in [3.05, 3.63) is 23.7 Å². The van der Waals surface area contributed by atoms with Crippen LogP contribution in [0.25, 0.3) is 0 Å². The van der Waals surface area contributed by atoms with Crippen molar-refractivity contribution < 1.29 is 9.21 Å². The summed E-state index contributed by atoms with van der Waals surface area (Å²) in [7, 11) is 0. The zero-order valence-electron chi connectivity index (χ0n) is 14.0. The normalized spacial score (nSPS) is 29.6. The maximum absolute atomic E-state index is 12.0. The van der Waals surface area contributed by atoms with Crippen LogP contribution in [0.2, 0.25) is 0 Å². The van der Waals surface area contributed by atoms with Crippen molar-refractivity contribution in [2.45, 2.75) is 51.1 Å². The Morgan fingerprint density at radius 3 is 2.74 bits per heavy atom. The molecule has 3 aliphatic rings. The summed E-state index contributed by atoms with van der Waals surface area (Å²) in [5.74, 6) is 3.72. The van der Waals surface area contributed by atoms with E-state index in [0.29, 0.717) is 12.0 Å². The molecule has 0 aromatic carbocycles. The lowest BCUT2D eigenvalue weighted by Crippen LogP contribution is -2.54. The summed E-state index contributed by atoms with van der Waals surface area (Å²) in [5, 5.41) is 2.96. The largest absolute Gasteiger partial charge is 0.464 e. The molecule has 23 heavy (non-hydrogen) atoms. The van der Waals surface area contributed by atoms with Crippen molar-refractivity contribution >= 4 is 6.03 Å². The van der Waals surface area contributed by atoms with Gasteiger partial charge in [-0.3, -0.25) is 4.90 Å². The Balaban J connectivity index is 1.28. The van der Waals surface area contributed by atoms with Crippen LogP contribution in [-0.4, -0.2) is 48.1 Å². The van der Waals surface area contributed by atoms with Gasteiger partial charge in [0.25, 0.3) is 0 Å². The number of nitrogens with zero attached hydrogens (tertiary/aromatic N) is 2. The number of nitrogens with one attached hydrogen (secondary N) is 1. The van der Waals surface area contributed by atoms with Crippen LogP contribution in [0.3, 0.4) is 0 Å². The molecular weight excluding hydrogens is 290 g/mol. The topological polar surface area (TPSA) is 48.7 Å². The Kier molecular flexibility index (Phi) is 4.05. The summed E-state index contributed by atoms with van der Waals surface area (Å²) in [5.41, 5.74) is 0. The lowest BCUT2D eigenvalue weighted by Gasteiger charge is -2.40. The van der Waals surface area contributed by atoms with Crippen LogP contribution in [0.4, 0.5) is 4.79 Å². The summed E-state index contributed by atoms with van der Waals surface area (Å²) in [6.07, 6.45) is 4.48. The average Bonchev–Trinajstić information content (AvgIpc) is 3.11. The second-order valence-corrected chi connectivity index (χ2v) is 7.41. The summed E-state index contributed by atoms with van der Waals surface area (Å²) < 4.78 is 6.02. The molecule has 0 radical (unpaired) electrons. The van der Waals surface area contributed by atoms with Crippen LogP contribution in [-0.2, 0) is 6.54 Å². The number of carbonyl (C=O) groups is 1. The zero-order chi connectivity index (χ0) is 15.8. The molecule has 4 rings (SSSR count). The van der Waals surface area contributed by atoms with E-state index in [1.54, 1.807) is 0 Å². The first-order chi connectivity index (χ1) is 11.2. The molecule has 1 saturated carbocycles. The highest BCUT2D eigenvalue weighted by Crippen LogP contribution is 2.47. The minimum Gasteiger partial charge on any atom is -0.464 e. The number of rotatable bonds is 4. The van der Waals surface area contributed by atoms with E-state index >= 15 is 0 Å². The molecule has 2 amide bonds. The second kappa shape index (κ2) is 6.19. The molecular formula is C18H27N3O2. The Morgan fingerprint density at radius 1 is 1.26 bits per heavy atom. The van der Waals surface area contributed by atoms with E-state index < -0.39 is 0 Å². The molecule has 5 nitrogen and oxygen atoms in total. The van der Waals surface area contributed by atoms with Crippen molar-refractivity contribution in [3.8, 4) is 0 Å². The summed E-state index contributed by atoms with van der Waals surface area (Å²) in [4.78, 5) is 16.4.